The maximum Gasteiger partial charge on any atom is 0.278 e. The summed E-state index contributed by atoms with van der Waals surface area (Å²) in [6.45, 7) is 0.173. The van der Waals surface area contributed by atoms with Crippen molar-refractivity contribution in [2.45, 2.75) is 6.42 Å². The number of aliphatic hydroxyl groups excluding tert-OH is 1. The van der Waals surface area contributed by atoms with Crippen LogP contribution in [0.1, 0.15) is 6.42 Å². The second kappa shape index (κ2) is 3.28. The van der Waals surface area contributed by atoms with Crippen LogP contribution >= 0.6 is 0 Å². The molecule has 3 rings (SSSR count). The Balaban J connectivity index is 2.09. The van der Waals surface area contributed by atoms with Gasteiger partial charge in [0.2, 0.25) is 0 Å². The van der Waals surface area contributed by atoms with Gasteiger partial charge in [0.25, 0.3) is 5.56 Å². The Morgan fingerprint density at radius 3 is 3.25 bits per heavy atom. The van der Waals surface area contributed by atoms with E-state index in [1.165, 1.54) is 6.33 Å². The van der Waals surface area contributed by atoms with E-state index >= 15 is 0 Å². The van der Waals surface area contributed by atoms with Crippen LogP contribution in [0.3, 0.4) is 0 Å². The fourth-order valence-corrected chi connectivity index (χ4v) is 1.70. The molecule has 1 fully saturated rings. The molecule has 2 aromatic heterocycles. The second-order valence-electron chi connectivity index (χ2n) is 3.84. The number of imidazole rings is 1. The molecular weight excluding hydrogens is 208 g/mol. The van der Waals surface area contributed by atoms with E-state index in [0.29, 0.717) is 11.2 Å². The maximum absolute atomic E-state index is 11.4. The van der Waals surface area contributed by atoms with Crippen LogP contribution < -0.4 is 5.56 Å². The summed E-state index contributed by atoms with van der Waals surface area (Å²) in [4.78, 5) is 21.9. The lowest BCUT2D eigenvalue weighted by atomic mass is 10.4. The summed E-state index contributed by atoms with van der Waals surface area (Å²) in [6, 6.07) is 0. The molecule has 0 aromatic carbocycles. The van der Waals surface area contributed by atoms with Gasteiger partial charge < -0.3 is 10.1 Å². The van der Waals surface area contributed by atoms with Crippen molar-refractivity contribution in [3.05, 3.63) is 28.6 Å². The summed E-state index contributed by atoms with van der Waals surface area (Å²) in [7, 11) is 0. The Hall–Kier alpha value is -1.95. The van der Waals surface area contributed by atoms with Crippen LogP contribution in [0.25, 0.3) is 17.4 Å². The van der Waals surface area contributed by atoms with Gasteiger partial charge in [-0.1, -0.05) is 0 Å². The van der Waals surface area contributed by atoms with E-state index in [4.69, 9.17) is 5.11 Å². The van der Waals surface area contributed by atoms with Crippen LogP contribution in [0.5, 0.6) is 0 Å². The standard InChI is InChI=1S/C10H10N4O2/c15-3-7-1-6(7)2-14-5-13-8-9(14)11-4-12-10(8)16/h2,4-5,7,15H,1,3H2,(H,11,12,16)/b6-2-/t7-/m1/s1. The third-order valence-corrected chi connectivity index (χ3v) is 2.74. The van der Waals surface area contributed by atoms with E-state index in [-0.39, 0.29) is 18.1 Å². The lowest BCUT2D eigenvalue weighted by molar-refractivity contribution is 0.281. The average Bonchev–Trinajstić information content (AvgIpc) is 2.91. The van der Waals surface area contributed by atoms with Crippen molar-refractivity contribution < 1.29 is 5.11 Å². The van der Waals surface area contributed by atoms with E-state index < -0.39 is 0 Å². The van der Waals surface area contributed by atoms with Gasteiger partial charge in [-0.15, -0.1) is 0 Å². The van der Waals surface area contributed by atoms with Crippen molar-refractivity contribution in [1.82, 2.24) is 19.5 Å². The first kappa shape index (κ1) is 9.29. The van der Waals surface area contributed by atoms with Crippen molar-refractivity contribution in [2.75, 3.05) is 6.61 Å². The molecule has 2 N–H and O–H groups in total. The molecule has 16 heavy (non-hydrogen) atoms. The molecule has 1 aliphatic rings. The molecule has 0 saturated heterocycles. The third-order valence-electron chi connectivity index (χ3n) is 2.74. The van der Waals surface area contributed by atoms with Gasteiger partial charge in [-0.2, -0.15) is 0 Å². The largest absolute Gasteiger partial charge is 0.396 e. The van der Waals surface area contributed by atoms with Crippen molar-refractivity contribution in [2.24, 2.45) is 5.92 Å². The highest BCUT2D eigenvalue weighted by atomic mass is 16.3. The molecule has 1 saturated carbocycles. The number of H-pyrrole nitrogens is 1. The van der Waals surface area contributed by atoms with Gasteiger partial charge in [0, 0.05) is 18.7 Å². The van der Waals surface area contributed by atoms with Crippen molar-refractivity contribution in [3.8, 4) is 0 Å². The summed E-state index contributed by atoms with van der Waals surface area (Å²) >= 11 is 0. The molecule has 82 valence electrons. The lowest BCUT2D eigenvalue weighted by Gasteiger charge is -1.93. The van der Waals surface area contributed by atoms with Gasteiger partial charge in [0.15, 0.2) is 11.2 Å². The predicted octanol–water partition coefficient (Wildman–Crippen LogP) is -0.0273. The summed E-state index contributed by atoms with van der Waals surface area (Å²) < 4.78 is 1.72. The van der Waals surface area contributed by atoms with Crippen LogP contribution in [0.4, 0.5) is 0 Å². The summed E-state index contributed by atoms with van der Waals surface area (Å²) in [5.41, 5.74) is 1.79. The molecule has 0 unspecified atom stereocenters. The molecule has 0 amide bonds. The first-order chi connectivity index (χ1) is 7.79. The van der Waals surface area contributed by atoms with Crippen LogP contribution in [0, 0.1) is 5.92 Å². The van der Waals surface area contributed by atoms with Gasteiger partial charge >= 0.3 is 0 Å². The molecular formula is C10H10N4O2. The van der Waals surface area contributed by atoms with Crippen LogP contribution in [0.2, 0.25) is 0 Å². The number of aromatic nitrogens is 4. The highest BCUT2D eigenvalue weighted by molar-refractivity contribution is 5.72. The van der Waals surface area contributed by atoms with Gasteiger partial charge in [0.1, 0.15) is 6.33 Å². The minimum Gasteiger partial charge on any atom is -0.396 e. The normalized spacial score (nSPS) is 21.8. The molecule has 6 nitrogen and oxygen atoms in total. The highest BCUT2D eigenvalue weighted by Gasteiger charge is 2.28. The first-order valence-corrected chi connectivity index (χ1v) is 5.01. The molecule has 1 atom stereocenters. The third kappa shape index (κ3) is 1.35. The van der Waals surface area contributed by atoms with E-state index in [0.717, 1.165) is 12.0 Å². The number of hydrogen-bond donors (Lipinski definition) is 2. The zero-order chi connectivity index (χ0) is 11.1. The molecule has 0 spiro atoms. The van der Waals surface area contributed by atoms with Crippen molar-refractivity contribution in [3.63, 3.8) is 0 Å². The summed E-state index contributed by atoms with van der Waals surface area (Å²) in [6.07, 6.45) is 5.70. The van der Waals surface area contributed by atoms with Crippen LogP contribution in [-0.4, -0.2) is 31.2 Å². The van der Waals surface area contributed by atoms with Gasteiger partial charge in [0.05, 0.1) is 6.33 Å². The number of nitrogens with one attached hydrogen (secondary N) is 1. The quantitative estimate of drug-likeness (QED) is 0.741. The van der Waals surface area contributed by atoms with Crippen LogP contribution in [0.15, 0.2) is 23.0 Å². The van der Waals surface area contributed by atoms with E-state index in [9.17, 15) is 4.79 Å². The first-order valence-electron chi connectivity index (χ1n) is 5.01. The molecule has 0 bridgehead atoms. The number of aliphatic hydroxyl groups is 1. The molecule has 2 aromatic rings. The lowest BCUT2D eigenvalue weighted by Crippen LogP contribution is -2.06. The number of rotatable bonds is 2. The Labute approximate surface area is 90.3 Å². The van der Waals surface area contributed by atoms with Gasteiger partial charge in [-0.3, -0.25) is 9.36 Å². The Kier molecular flexibility index (Phi) is 1.90. The smallest absolute Gasteiger partial charge is 0.278 e. The van der Waals surface area contributed by atoms with E-state index in [2.05, 4.69) is 15.0 Å². The number of hydrogen-bond acceptors (Lipinski definition) is 4. The topological polar surface area (TPSA) is 83.8 Å². The Bertz CT molecular complexity index is 625. The average molecular weight is 218 g/mol. The second-order valence-corrected chi connectivity index (χ2v) is 3.84. The zero-order valence-corrected chi connectivity index (χ0v) is 8.42. The SMILES string of the molecule is O=c1[nH]cnc2c1ncn2/C=C1/C[C@@H]1CO. The number of aromatic amines is 1. The fourth-order valence-electron chi connectivity index (χ4n) is 1.70. The zero-order valence-electron chi connectivity index (χ0n) is 8.42. The number of nitrogens with zero attached hydrogens (tertiary/aromatic N) is 3. The Morgan fingerprint density at radius 2 is 2.50 bits per heavy atom. The molecule has 2 heterocycles. The molecule has 6 heteroatoms. The Morgan fingerprint density at radius 1 is 1.62 bits per heavy atom. The predicted molar refractivity (Wildman–Crippen MR) is 57.6 cm³/mol. The van der Waals surface area contributed by atoms with Crippen LogP contribution in [-0.2, 0) is 0 Å². The highest BCUT2D eigenvalue weighted by Crippen LogP contribution is 2.37. The van der Waals surface area contributed by atoms with E-state index in [1.807, 2.05) is 6.20 Å². The minimum atomic E-state index is -0.239. The van der Waals surface area contributed by atoms with Crippen molar-refractivity contribution in [1.29, 1.82) is 0 Å². The van der Waals surface area contributed by atoms with Gasteiger partial charge in [-0.25, -0.2) is 9.97 Å². The van der Waals surface area contributed by atoms with Gasteiger partial charge in [-0.05, 0) is 12.0 Å². The summed E-state index contributed by atoms with van der Waals surface area (Å²) in [5.74, 6) is 0.263. The maximum atomic E-state index is 11.4. The van der Waals surface area contributed by atoms with Crippen molar-refractivity contribution >= 4 is 17.4 Å². The minimum absolute atomic E-state index is 0.173. The monoisotopic (exact) mass is 218 g/mol. The molecule has 1 aliphatic carbocycles. The van der Waals surface area contributed by atoms with E-state index in [1.54, 1.807) is 10.9 Å². The fraction of sp³-hybridized carbons (Fsp3) is 0.300. The molecule has 0 radical (unpaired) electrons. The number of fused-ring (bicyclic) bond motifs is 1. The molecule has 0 aliphatic heterocycles. The summed E-state index contributed by atoms with van der Waals surface area (Å²) in [5, 5.41) is 8.93.